The van der Waals surface area contributed by atoms with Crippen LogP contribution in [-0.4, -0.2) is 42.1 Å². The normalized spacial score (nSPS) is 23.0. The van der Waals surface area contributed by atoms with E-state index in [1.165, 1.54) is 6.07 Å². The van der Waals surface area contributed by atoms with E-state index in [4.69, 9.17) is 17.3 Å². The van der Waals surface area contributed by atoms with Crippen LogP contribution in [0.4, 0.5) is 4.39 Å². The molecule has 2 atom stereocenters. The molecule has 2 rings (SSSR count). The van der Waals surface area contributed by atoms with Gasteiger partial charge in [0, 0.05) is 35.2 Å². The molecule has 1 aromatic rings. The molecule has 1 fully saturated rings. The van der Waals surface area contributed by atoms with Crippen molar-refractivity contribution in [2.75, 3.05) is 25.1 Å². The van der Waals surface area contributed by atoms with Crippen molar-refractivity contribution in [2.45, 2.75) is 18.5 Å². The van der Waals surface area contributed by atoms with E-state index < -0.39 is 0 Å². The van der Waals surface area contributed by atoms with Crippen molar-refractivity contribution in [3.05, 3.63) is 34.6 Å². The van der Waals surface area contributed by atoms with Gasteiger partial charge in [-0.1, -0.05) is 17.7 Å². The highest BCUT2D eigenvalue weighted by molar-refractivity contribution is 7.99. The summed E-state index contributed by atoms with van der Waals surface area (Å²) in [6.07, 6.45) is 0.554. The van der Waals surface area contributed by atoms with E-state index >= 15 is 0 Å². The second kappa shape index (κ2) is 6.24. The van der Waals surface area contributed by atoms with Crippen LogP contribution in [0.1, 0.15) is 5.56 Å². The highest BCUT2D eigenvalue weighted by Crippen LogP contribution is 2.21. The Hall–Kier alpha value is -0.290. The van der Waals surface area contributed by atoms with Crippen molar-refractivity contribution >= 4 is 23.4 Å². The monoisotopic (exact) mass is 288 g/mol. The van der Waals surface area contributed by atoms with Crippen molar-refractivity contribution in [1.29, 1.82) is 0 Å². The molecule has 0 spiro atoms. The Labute approximate surface area is 117 Å². The van der Waals surface area contributed by atoms with E-state index in [0.29, 0.717) is 23.0 Å². The quantitative estimate of drug-likeness (QED) is 0.926. The van der Waals surface area contributed by atoms with Crippen LogP contribution >= 0.6 is 23.4 Å². The number of nitrogens with zero attached hydrogens (tertiary/aromatic N) is 1. The Kier molecular flexibility index (Phi) is 4.90. The van der Waals surface area contributed by atoms with E-state index in [1.54, 1.807) is 12.1 Å². The number of thioether (sulfide) groups is 1. The zero-order chi connectivity index (χ0) is 13.1. The molecule has 5 heteroatoms. The van der Waals surface area contributed by atoms with Gasteiger partial charge >= 0.3 is 0 Å². The maximum atomic E-state index is 13.7. The first-order valence-corrected chi connectivity index (χ1v) is 7.58. The van der Waals surface area contributed by atoms with Gasteiger partial charge in [-0.05, 0) is 31.2 Å². The molecular formula is C13H18ClFN2S. The fourth-order valence-electron chi connectivity index (χ4n) is 2.23. The summed E-state index contributed by atoms with van der Waals surface area (Å²) >= 11 is 7.66. The van der Waals surface area contributed by atoms with Crippen molar-refractivity contribution in [3.63, 3.8) is 0 Å². The molecule has 1 aliphatic heterocycles. The largest absolute Gasteiger partial charge is 0.326 e. The number of nitrogens with two attached hydrogens (primary N) is 1. The third kappa shape index (κ3) is 3.38. The minimum Gasteiger partial charge on any atom is -0.326 e. The predicted octanol–water partition coefficient (Wildman–Crippen LogP) is 2.40. The summed E-state index contributed by atoms with van der Waals surface area (Å²) in [7, 11) is 2.09. The lowest BCUT2D eigenvalue weighted by Gasteiger charge is -2.36. The summed E-state index contributed by atoms with van der Waals surface area (Å²) < 4.78 is 13.7. The van der Waals surface area contributed by atoms with Crippen LogP contribution in [0, 0.1) is 5.82 Å². The highest BCUT2D eigenvalue weighted by Gasteiger charge is 2.26. The highest BCUT2D eigenvalue weighted by atomic mass is 35.5. The van der Waals surface area contributed by atoms with Crippen molar-refractivity contribution in [1.82, 2.24) is 4.90 Å². The average molecular weight is 289 g/mol. The average Bonchev–Trinajstić information content (AvgIpc) is 2.33. The van der Waals surface area contributed by atoms with Crippen molar-refractivity contribution < 1.29 is 4.39 Å². The van der Waals surface area contributed by atoms with E-state index in [9.17, 15) is 4.39 Å². The first kappa shape index (κ1) is 14.1. The van der Waals surface area contributed by atoms with Crippen molar-refractivity contribution in [2.24, 2.45) is 5.73 Å². The van der Waals surface area contributed by atoms with E-state index in [2.05, 4.69) is 11.9 Å². The predicted molar refractivity (Wildman–Crippen MR) is 76.8 cm³/mol. The molecule has 18 heavy (non-hydrogen) atoms. The maximum Gasteiger partial charge on any atom is 0.127 e. The van der Waals surface area contributed by atoms with Crippen LogP contribution in [0.2, 0.25) is 5.02 Å². The van der Waals surface area contributed by atoms with Gasteiger partial charge in [0.15, 0.2) is 0 Å². The van der Waals surface area contributed by atoms with E-state index in [0.717, 1.165) is 18.1 Å². The molecule has 2 N–H and O–H groups in total. The van der Waals surface area contributed by atoms with Gasteiger partial charge in [-0.25, -0.2) is 4.39 Å². The Bertz CT molecular complexity index is 416. The van der Waals surface area contributed by atoms with Gasteiger partial charge in [-0.3, -0.25) is 0 Å². The molecule has 0 bridgehead atoms. The Morgan fingerprint density at radius 2 is 2.39 bits per heavy atom. The number of likely N-dealkylation sites (N-methyl/N-ethyl adjacent to an activating group) is 1. The molecule has 1 aromatic carbocycles. The lowest BCUT2D eigenvalue weighted by molar-refractivity contribution is 0.234. The van der Waals surface area contributed by atoms with E-state index in [1.807, 2.05) is 11.8 Å². The number of rotatable bonds is 3. The van der Waals surface area contributed by atoms with Crippen LogP contribution in [0.25, 0.3) is 0 Å². The molecule has 2 unspecified atom stereocenters. The maximum absolute atomic E-state index is 13.7. The summed E-state index contributed by atoms with van der Waals surface area (Å²) in [5.41, 5.74) is 6.87. The van der Waals surface area contributed by atoms with Crippen LogP contribution in [0.5, 0.6) is 0 Å². The Balaban J connectivity index is 2.03. The third-order valence-corrected chi connectivity index (χ3v) is 4.69. The summed E-state index contributed by atoms with van der Waals surface area (Å²) in [5, 5.41) is 0.426. The van der Waals surface area contributed by atoms with Crippen LogP contribution in [-0.2, 0) is 6.42 Å². The van der Waals surface area contributed by atoms with Crippen LogP contribution < -0.4 is 5.73 Å². The topological polar surface area (TPSA) is 29.3 Å². The number of benzene rings is 1. The van der Waals surface area contributed by atoms with Crippen molar-refractivity contribution in [3.8, 4) is 0 Å². The fraction of sp³-hybridized carbons (Fsp3) is 0.538. The van der Waals surface area contributed by atoms with Gasteiger partial charge in [0.05, 0.1) is 0 Å². The van der Waals surface area contributed by atoms with Gasteiger partial charge in [-0.2, -0.15) is 11.8 Å². The molecule has 0 saturated carbocycles. The first-order chi connectivity index (χ1) is 8.58. The lowest BCUT2D eigenvalue weighted by atomic mass is 10.00. The zero-order valence-corrected chi connectivity index (χ0v) is 12.0. The molecule has 1 saturated heterocycles. The molecule has 1 heterocycles. The Morgan fingerprint density at radius 1 is 1.61 bits per heavy atom. The SMILES string of the molecule is CN1CCSCC1C(N)Cc1ccc(Cl)cc1F. The molecule has 0 amide bonds. The van der Waals surface area contributed by atoms with Gasteiger partial charge in [0.1, 0.15) is 5.82 Å². The van der Waals surface area contributed by atoms with Gasteiger partial charge < -0.3 is 10.6 Å². The van der Waals surface area contributed by atoms with Gasteiger partial charge in [-0.15, -0.1) is 0 Å². The van der Waals surface area contributed by atoms with Gasteiger partial charge in [0.2, 0.25) is 0 Å². The lowest BCUT2D eigenvalue weighted by Crippen LogP contribution is -2.51. The second-order valence-corrected chi connectivity index (χ2v) is 6.31. The van der Waals surface area contributed by atoms with E-state index in [-0.39, 0.29) is 11.9 Å². The fourth-order valence-corrected chi connectivity index (χ4v) is 3.72. The minimum atomic E-state index is -0.260. The summed E-state index contributed by atoms with van der Waals surface area (Å²) in [6.45, 7) is 1.05. The summed E-state index contributed by atoms with van der Waals surface area (Å²) in [4.78, 5) is 2.27. The first-order valence-electron chi connectivity index (χ1n) is 6.05. The van der Waals surface area contributed by atoms with Gasteiger partial charge in [0.25, 0.3) is 0 Å². The number of hydrogen-bond acceptors (Lipinski definition) is 3. The summed E-state index contributed by atoms with van der Waals surface area (Å²) in [6, 6.07) is 5.07. The molecule has 0 radical (unpaired) electrons. The number of halogens is 2. The molecule has 0 aliphatic carbocycles. The molecule has 1 aliphatic rings. The molecule has 100 valence electrons. The molecule has 0 aromatic heterocycles. The minimum absolute atomic E-state index is 0.0431. The second-order valence-electron chi connectivity index (χ2n) is 4.73. The number of hydrogen-bond donors (Lipinski definition) is 1. The Morgan fingerprint density at radius 3 is 3.06 bits per heavy atom. The third-order valence-electron chi connectivity index (χ3n) is 3.41. The molecular weight excluding hydrogens is 271 g/mol. The standard InChI is InChI=1S/C13H18ClFN2S/c1-17-4-5-18-8-13(17)12(16)6-9-2-3-10(14)7-11(9)15/h2-3,7,12-13H,4-6,8,16H2,1H3. The smallest absolute Gasteiger partial charge is 0.127 e. The van der Waals surface area contributed by atoms with Crippen LogP contribution in [0.15, 0.2) is 18.2 Å². The molecule has 2 nitrogen and oxygen atoms in total. The zero-order valence-electron chi connectivity index (χ0n) is 10.4. The van der Waals surface area contributed by atoms with Crippen LogP contribution in [0.3, 0.4) is 0 Å². The summed E-state index contributed by atoms with van der Waals surface area (Å²) in [5.74, 6) is 1.91.